The Bertz CT molecular complexity index is 5400. The van der Waals surface area contributed by atoms with Crippen LogP contribution in [-0.2, 0) is 0 Å². The molecule has 0 amide bonds. The van der Waals surface area contributed by atoms with Crippen LogP contribution in [0.1, 0.15) is 0 Å². The minimum absolute atomic E-state index is 0.729. The van der Waals surface area contributed by atoms with Crippen molar-refractivity contribution < 1.29 is 0 Å². The number of aromatic nitrogens is 4. The van der Waals surface area contributed by atoms with Gasteiger partial charge in [0.05, 0.1) is 22.4 Å². The maximum absolute atomic E-state index is 5.22. The predicted molar refractivity (Wildman–Crippen MR) is 354 cm³/mol. The van der Waals surface area contributed by atoms with Crippen LogP contribution in [0.3, 0.4) is 0 Å². The summed E-state index contributed by atoms with van der Waals surface area (Å²) in [5.74, 6) is 1.46. The Morgan fingerprint density at radius 1 is 0.155 bits per heavy atom. The van der Waals surface area contributed by atoms with Gasteiger partial charge in [0.1, 0.15) is 0 Å². The first-order valence-corrected chi connectivity index (χ1v) is 28.6. The second kappa shape index (κ2) is 20.4. The van der Waals surface area contributed by atoms with E-state index in [1.165, 1.54) is 97.7 Å². The Kier molecular flexibility index (Phi) is 11.8. The van der Waals surface area contributed by atoms with E-state index in [9.17, 15) is 0 Å². The molecular weight excluding hydrogens is 1020 g/mol. The summed E-state index contributed by atoms with van der Waals surface area (Å²) in [6, 6.07) is 108. The molecule has 15 aromatic carbocycles. The highest BCUT2D eigenvalue weighted by molar-refractivity contribution is 6.26. The Balaban J connectivity index is 0.000000138. The molecule has 0 spiro atoms. The molecule has 2 aromatic heterocycles. The molecular formula is C80H50N4. The average molecular weight is 1070 g/mol. The monoisotopic (exact) mass is 1070 g/mol. The predicted octanol–water partition coefficient (Wildman–Crippen LogP) is 21.3. The van der Waals surface area contributed by atoms with Crippen LogP contribution < -0.4 is 0 Å². The summed E-state index contributed by atoms with van der Waals surface area (Å²) < 4.78 is 0. The quantitative estimate of drug-likeness (QED) is 0.156. The summed E-state index contributed by atoms with van der Waals surface area (Å²) in [6.45, 7) is 0. The third kappa shape index (κ3) is 8.73. The second-order valence-corrected chi connectivity index (χ2v) is 21.7. The summed E-state index contributed by atoms with van der Waals surface area (Å²) >= 11 is 0. The van der Waals surface area contributed by atoms with E-state index in [1.54, 1.807) is 0 Å². The molecule has 0 saturated carbocycles. The lowest BCUT2D eigenvalue weighted by Crippen LogP contribution is -1.95. The Morgan fingerprint density at radius 3 is 0.976 bits per heavy atom. The van der Waals surface area contributed by atoms with Crippen LogP contribution in [0.4, 0.5) is 0 Å². The lowest BCUT2D eigenvalue weighted by atomic mass is 9.92. The maximum atomic E-state index is 5.22. The highest BCUT2D eigenvalue weighted by Gasteiger charge is 2.17. The minimum atomic E-state index is 0.729. The van der Waals surface area contributed by atoms with E-state index in [-0.39, 0.29) is 0 Å². The van der Waals surface area contributed by atoms with Crippen molar-refractivity contribution >= 4 is 97.2 Å². The fourth-order valence-electron chi connectivity index (χ4n) is 12.4. The lowest BCUT2D eigenvalue weighted by Gasteiger charge is -2.13. The first kappa shape index (κ1) is 48.7. The third-order valence-corrected chi connectivity index (χ3v) is 16.7. The Morgan fingerprint density at radius 2 is 0.464 bits per heavy atom. The van der Waals surface area contributed by atoms with Gasteiger partial charge in [-0.05, 0) is 134 Å². The molecule has 2 heterocycles. The van der Waals surface area contributed by atoms with E-state index in [0.29, 0.717) is 0 Å². The number of para-hydroxylation sites is 2. The van der Waals surface area contributed by atoms with Gasteiger partial charge in [-0.2, -0.15) is 0 Å². The van der Waals surface area contributed by atoms with Gasteiger partial charge >= 0.3 is 0 Å². The number of hydrogen-bond donors (Lipinski definition) is 0. The zero-order valence-corrected chi connectivity index (χ0v) is 45.7. The normalized spacial score (nSPS) is 11.6. The molecule has 0 aliphatic heterocycles. The van der Waals surface area contributed by atoms with E-state index in [0.717, 1.165) is 67.1 Å². The van der Waals surface area contributed by atoms with Gasteiger partial charge in [-0.15, -0.1) is 0 Å². The SMILES string of the molecule is c1ccc2cc(-c3ccc(-c4nc(-c5ccc6c(ccc7ccccc76)c5)c5ccccc5n4)cc3)ccc2c1.c1ccc2cc(-c3ccc(-c4nc(-c5ccc6c7ccccc7c7ccccc7c6c5)c5ccccc5n4)cc3)ccc2c1. The molecule has 4 nitrogen and oxygen atoms in total. The van der Waals surface area contributed by atoms with E-state index in [1.807, 2.05) is 12.1 Å². The summed E-state index contributed by atoms with van der Waals surface area (Å²) in [4.78, 5) is 20.3. The van der Waals surface area contributed by atoms with Crippen molar-refractivity contribution in [2.45, 2.75) is 0 Å². The van der Waals surface area contributed by atoms with Crippen LogP contribution >= 0.6 is 0 Å². The zero-order valence-electron chi connectivity index (χ0n) is 45.7. The molecule has 0 atom stereocenters. The topological polar surface area (TPSA) is 51.6 Å². The van der Waals surface area contributed by atoms with Crippen molar-refractivity contribution in [1.29, 1.82) is 0 Å². The molecule has 84 heavy (non-hydrogen) atoms. The number of rotatable bonds is 6. The van der Waals surface area contributed by atoms with Crippen molar-refractivity contribution in [3.63, 3.8) is 0 Å². The van der Waals surface area contributed by atoms with Gasteiger partial charge in [-0.1, -0.05) is 267 Å². The van der Waals surface area contributed by atoms with Gasteiger partial charge in [0.2, 0.25) is 0 Å². The van der Waals surface area contributed by atoms with Crippen LogP contribution in [0.25, 0.3) is 165 Å². The molecule has 0 N–H and O–H groups in total. The van der Waals surface area contributed by atoms with Crippen molar-refractivity contribution in [3.05, 3.63) is 303 Å². The smallest absolute Gasteiger partial charge is 0.160 e. The number of fused-ring (bicyclic) bond motifs is 13. The van der Waals surface area contributed by atoms with Gasteiger partial charge in [0.25, 0.3) is 0 Å². The Hall–Kier alpha value is -11.2. The summed E-state index contributed by atoms with van der Waals surface area (Å²) in [5, 5.41) is 19.7. The molecule has 390 valence electrons. The van der Waals surface area contributed by atoms with Gasteiger partial charge < -0.3 is 0 Å². The van der Waals surface area contributed by atoms with Gasteiger partial charge in [0, 0.05) is 33.0 Å². The Labute approximate surface area is 485 Å². The van der Waals surface area contributed by atoms with Gasteiger partial charge in [-0.3, -0.25) is 0 Å². The van der Waals surface area contributed by atoms with Crippen LogP contribution in [0.15, 0.2) is 303 Å². The minimum Gasteiger partial charge on any atom is -0.228 e. The maximum Gasteiger partial charge on any atom is 0.160 e. The third-order valence-electron chi connectivity index (χ3n) is 16.7. The van der Waals surface area contributed by atoms with Gasteiger partial charge in [-0.25, -0.2) is 19.9 Å². The molecule has 17 aromatic rings. The molecule has 0 bridgehead atoms. The molecule has 0 aliphatic carbocycles. The molecule has 0 radical (unpaired) electrons. The lowest BCUT2D eigenvalue weighted by molar-refractivity contribution is 1.23. The average Bonchev–Trinajstić information content (AvgIpc) is 2.53. The molecule has 0 saturated heterocycles. The van der Waals surface area contributed by atoms with E-state index >= 15 is 0 Å². The molecule has 0 fully saturated rings. The second-order valence-electron chi connectivity index (χ2n) is 21.7. The molecule has 0 aliphatic rings. The number of hydrogen-bond acceptors (Lipinski definition) is 4. The summed E-state index contributed by atoms with van der Waals surface area (Å²) in [5.41, 5.74) is 12.7. The van der Waals surface area contributed by atoms with Crippen molar-refractivity contribution in [2.24, 2.45) is 0 Å². The summed E-state index contributed by atoms with van der Waals surface area (Å²) in [6.07, 6.45) is 0. The highest BCUT2D eigenvalue weighted by Crippen LogP contribution is 2.40. The molecule has 4 heteroatoms. The number of nitrogens with zero attached hydrogens (tertiary/aromatic N) is 4. The molecule has 0 unspecified atom stereocenters. The van der Waals surface area contributed by atoms with E-state index < -0.39 is 0 Å². The van der Waals surface area contributed by atoms with E-state index in [2.05, 4.69) is 291 Å². The number of benzene rings is 15. The van der Waals surface area contributed by atoms with Crippen LogP contribution in [0.2, 0.25) is 0 Å². The first-order valence-electron chi connectivity index (χ1n) is 28.6. The first-order chi connectivity index (χ1) is 41.6. The van der Waals surface area contributed by atoms with Crippen molar-refractivity contribution in [3.8, 4) is 67.5 Å². The fourth-order valence-corrected chi connectivity index (χ4v) is 12.4. The van der Waals surface area contributed by atoms with Crippen LogP contribution in [-0.4, -0.2) is 19.9 Å². The van der Waals surface area contributed by atoms with Gasteiger partial charge in [0.15, 0.2) is 11.6 Å². The van der Waals surface area contributed by atoms with Crippen molar-refractivity contribution in [1.82, 2.24) is 19.9 Å². The largest absolute Gasteiger partial charge is 0.228 e. The standard InChI is InChI=1S/C42H26N2.C38H24N2/c1-2-10-30-25-31(22-19-27(30)9-1)28-17-20-29(21-18-28)42-43-40-16-8-7-15-38(40)41(44-42)32-23-24-37-35-13-4-3-11-33(35)34-12-5-6-14-36(34)39(37)26-32;1-2-9-29-23-30(19-15-25(29)7-1)26-13-17-28(18-14-26)38-39-36-12-6-5-11-35(36)37(40-38)32-21-22-34-31(24-32)20-16-27-8-3-4-10-33(27)34/h1-26H;1-24H. The fraction of sp³-hybridized carbons (Fsp3) is 0. The van der Waals surface area contributed by atoms with Crippen LogP contribution in [0, 0.1) is 0 Å². The van der Waals surface area contributed by atoms with Crippen molar-refractivity contribution in [2.75, 3.05) is 0 Å². The van der Waals surface area contributed by atoms with E-state index in [4.69, 9.17) is 19.9 Å². The summed E-state index contributed by atoms with van der Waals surface area (Å²) in [7, 11) is 0. The zero-order chi connectivity index (χ0) is 55.5. The highest BCUT2D eigenvalue weighted by atomic mass is 14.9. The molecule has 17 rings (SSSR count). The van der Waals surface area contributed by atoms with Crippen LogP contribution in [0.5, 0.6) is 0 Å².